The molecule has 2 aromatic carbocycles. The number of carboxylic acids is 2. The number of benzene rings is 2. The van der Waals surface area contributed by atoms with Crippen molar-refractivity contribution in [2.75, 3.05) is 17.2 Å². The van der Waals surface area contributed by atoms with Crippen molar-refractivity contribution in [2.45, 2.75) is 58.6 Å². The minimum atomic E-state index is -1.65. The van der Waals surface area contributed by atoms with E-state index in [-0.39, 0.29) is 30.2 Å². The van der Waals surface area contributed by atoms with E-state index in [0.29, 0.717) is 12.0 Å². The van der Waals surface area contributed by atoms with Gasteiger partial charge in [-0.15, -0.1) is 0 Å². The second-order valence-electron chi connectivity index (χ2n) is 9.69. The molecule has 0 aromatic heterocycles. The molecule has 2 rings (SSSR count). The first-order valence-corrected chi connectivity index (χ1v) is 12.4. The first-order valence-electron chi connectivity index (χ1n) is 12.4. The second kappa shape index (κ2) is 13.8. The molecule has 216 valence electrons. The van der Waals surface area contributed by atoms with Gasteiger partial charge in [-0.05, 0) is 57.0 Å². The van der Waals surface area contributed by atoms with Crippen LogP contribution in [0.1, 0.15) is 56.5 Å². The Bertz CT molecular complexity index is 1250. The molecule has 40 heavy (non-hydrogen) atoms. The highest BCUT2D eigenvalue weighted by Crippen LogP contribution is 2.36. The number of phenols is 1. The Morgan fingerprint density at radius 3 is 2.15 bits per heavy atom. The second-order valence-corrected chi connectivity index (χ2v) is 9.69. The van der Waals surface area contributed by atoms with Crippen molar-refractivity contribution in [1.82, 2.24) is 5.32 Å². The lowest BCUT2D eigenvalue weighted by Gasteiger charge is -2.24. The average Bonchev–Trinajstić information content (AvgIpc) is 2.84. The smallest absolute Gasteiger partial charge is 0.408 e. The van der Waals surface area contributed by atoms with E-state index in [1.54, 1.807) is 20.8 Å². The summed E-state index contributed by atoms with van der Waals surface area (Å²) in [5.74, 6) is -5.85. The van der Waals surface area contributed by atoms with E-state index in [1.165, 1.54) is 30.3 Å². The molecule has 13 nitrogen and oxygen atoms in total. The molecule has 0 aliphatic carbocycles. The number of carbonyl (C=O) groups excluding carboxylic acids is 3. The third kappa shape index (κ3) is 9.49. The highest BCUT2D eigenvalue weighted by Gasteiger charge is 2.28. The molecular weight excluding hydrogens is 526 g/mol. The van der Waals surface area contributed by atoms with Gasteiger partial charge in [0.05, 0.1) is 12.3 Å². The van der Waals surface area contributed by atoms with Crippen LogP contribution in [0.5, 0.6) is 11.5 Å². The normalized spacial score (nSPS) is 11.6. The number of nitrogens with one attached hydrogen (secondary N) is 3. The number of aromatic carboxylic acids is 1. The molecule has 2 aromatic rings. The van der Waals surface area contributed by atoms with Crippen LogP contribution in [0.25, 0.3) is 0 Å². The van der Waals surface area contributed by atoms with Gasteiger partial charge in [0.1, 0.15) is 23.0 Å². The third-order valence-corrected chi connectivity index (χ3v) is 5.21. The zero-order valence-corrected chi connectivity index (χ0v) is 22.6. The lowest BCUT2D eigenvalue weighted by Crippen LogP contribution is -2.47. The van der Waals surface area contributed by atoms with Crippen LogP contribution in [-0.2, 0) is 25.5 Å². The largest absolute Gasteiger partial charge is 0.507 e. The van der Waals surface area contributed by atoms with Crippen LogP contribution in [0.15, 0.2) is 36.4 Å². The van der Waals surface area contributed by atoms with E-state index in [9.17, 15) is 34.2 Å². The molecule has 0 radical (unpaired) electrons. The molecular formula is C27H33N3O10. The number of amides is 3. The number of hydrogen-bond donors (Lipinski definition) is 6. The van der Waals surface area contributed by atoms with Crippen LogP contribution in [0.3, 0.4) is 0 Å². The summed E-state index contributed by atoms with van der Waals surface area (Å²) in [5, 5.41) is 35.7. The maximum absolute atomic E-state index is 13.4. The van der Waals surface area contributed by atoms with Gasteiger partial charge in [0, 0.05) is 12.1 Å². The van der Waals surface area contributed by atoms with Gasteiger partial charge in [0.25, 0.3) is 0 Å². The molecule has 0 aliphatic rings. The molecule has 13 heteroatoms. The van der Waals surface area contributed by atoms with E-state index in [4.69, 9.17) is 14.6 Å². The van der Waals surface area contributed by atoms with Gasteiger partial charge >= 0.3 is 23.9 Å². The van der Waals surface area contributed by atoms with Crippen molar-refractivity contribution in [1.29, 1.82) is 0 Å². The minimum Gasteiger partial charge on any atom is -0.507 e. The summed E-state index contributed by atoms with van der Waals surface area (Å²) < 4.78 is 10.9. The SMILES string of the molecule is CCCCOc1c(NC(=O)C(Cc2ccc(NC(=O)C(=O)O)cc2)NC(=O)OC(C)(C)C)ccc(O)c1C(=O)O. The maximum atomic E-state index is 13.4. The minimum absolute atomic E-state index is 0.0287. The summed E-state index contributed by atoms with van der Waals surface area (Å²) in [5.41, 5.74) is -0.677. The number of carboxylic acid groups (broad SMARTS) is 2. The number of carbonyl (C=O) groups is 5. The van der Waals surface area contributed by atoms with Gasteiger partial charge in [-0.3, -0.25) is 9.59 Å². The van der Waals surface area contributed by atoms with E-state index < -0.39 is 52.8 Å². The number of anilines is 2. The number of aliphatic carboxylic acids is 1. The van der Waals surface area contributed by atoms with E-state index in [1.807, 2.05) is 6.92 Å². The molecule has 6 N–H and O–H groups in total. The highest BCUT2D eigenvalue weighted by molar-refractivity contribution is 6.36. The Morgan fingerprint density at radius 2 is 1.60 bits per heavy atom. The van der Waals surface area contributed by atoms with Crippen molar-refractivity contribution < 1.29 is 48.8 Å². The first-order chi connectivity index (χ1) is 18.7. The molecule has 3 amide bonds. The number of alkyl carbamates (subject to hydrolysis) is 1. The molecule has 0 saturated heterocycles. The molecule has 1 atom stereocenters. The standard InChI is InChI=1S/C27H33N3O10/c1-5-6-13-39-21-17(11-12-19(31)20(21)24(34)35)29-22(32)18(30-26(38)40-27(2,3)4)14-15-7-9-16(10-8-15)28-23(33)25(36)37/h7-12,18,31H,5-6,13-14H2,1-4H3,(H,28,33)(H,29,32)(H,30,38)(H,34,35)(H,36,37). The van der Waals surface area contributed by atoms with Gasteiger partial charge in [-0.1, -0.05) is 25.5 Å². The Balaban J connectivity index is 2.36. The average molecular weight is 560 g/mol. The zero-order chi connectivity index (χ0) is 30.0. The highest BCUT2D eigenvalue weighted by atomic mass is 16.6. The molecule has 0 fully saturated rings. The van der Waals surface area contributed by atoms with Crippen molar-refractivity contribution in [2.24, 2.45) is 0 Å². The topological polar surface area (TPSA) is 201 Å². The number of aromatic hydroxyl groups is 1. The van der Waals surface area contributed by atoms with Crippen LogP contribution in [0, 0.1) is 0 Å². The van der Waals surface area contributed by atoms with Crippen LogP contribution in [-0.4, -0.2) is 63.4 Å². The van der Waals surface area contributed by atoms with Crippen LogP contribution >= 0.6 is 0 Å². The third-order valence-electron chi connectivity index (χ3n) is 5.21. The molecule has 0 bridgehead atoms. The predicted octanol–water partition coefficient (Wildman–Crippen LogP) is 3.37. The van der Waals surface area contributed by atoms with E-state index in [2.05, 4.69) is 16.0 Å². The molecule has 1 unspecified atom stereocenters. The Kier molecular flexibility index (Phi) is 10.9. The van der Waals surface area contributed by atoms with Crippen molar-refractivity contribution in [3.05, 3.63) is 47.5 Å². The number of ether oxygens (including phenoxy) is 2. The fraction of sp³-hybridized carbons (Fsp3) is 0.370. The van der Waals surface area contributed by atoms with Gasteiger partial charge in [-0.25, -0.2) is 14.4 Å². The summed E-state index contributed by atoms with van der Waals surface area (Å²) in [6.07, 6.45) is 0.403. The summed E-state index contributed by atoms with van der Waals surface area (Å²) in [4.78, 5) is 59.9. The van der Waals surface area contributed by atoms with Crippen molar-refractivity contribution in [3.63, 3.8) is 0 Å². The summed E-state index contributed by atoms with van der Waals surface area (Å²) in [6.45, 7) is 6.99. The van der Waals surface area contributed by atoms with Gasteiger partial charge in [0.15, 0.2) is 5.75 Å². The van der Waals surface area contributed by atoms with E-state index >= 15 is 0 Å². The quantitative estimate of drug-likeness (QED) is 0.135. The number of unbranched alkanes of at least 4 members (excludes halogenated alkanes) is 1. The van der Waals surface area contributed by atoms with Gasteiger partial charge in [0.2, 0.25) is 5.91 Å². The molecule has 0 aliphatic heterocycles. The number of hydrogen-bond acceptors (Lipinski definition) is 8. The Hall–Kier alpha value is -4.81. The van der Waals surface area contributed by atoms with Crippen molar-refractivity contribution in [3.8, 4) is 11.5 Å². The number of rotatable bonds is 11. The summed E-state index contributed by atoms with van der Waals surface area (Å²) in [7, 11) is 0. The monoisotopic (exact) mass is 559 g/mol. The van der Waals surface area contributed by atoms with Gasteiger partial charge in [-0.2, -0.15) is 0 Å². The van der Waals surface area contributed by atoms with Crippen LogP contribution in [0.2, 0.25) is 0 Å². The molecule has 0 saturated carbocycles. The van der Waals surface area contributed by atoms with Crippen molar-refractivity contribution >= 4 is 41.2 Å². The first kappa shape index (κ1) is 31.4. The van der Waals surface area contributed by atoms with Gasteiger partial charge < -0.3 is 40.7 Å². The fourth-order valence-electron chi connectivity index (χ4n) is 3.37. The lowest BCUT2D eigenvalue weighted by atomic mass is 10.0. The maximum Gasteiger partial charge on any atom is 0.408 e. The Morgan fingerprint density at radius 1 is 0.950 bits per heavy atom. The summed E-state index contributed by atoms with van der Waals surface area (Å²) >= 11 is 0. The predicted molar refractivity (Wildman–Crippen MR) is 144 cm³/mol. The lowest BCUT2D eigenvalue weighted by molar-refractivity contribution is -0.147. The molecule has 0 heterocycles. The summed E-state index contributed by atoms with van der Waals surface area (Å²) in [6, 6.07) is 7.07. The molecule has 0 spiro atoms. The zero-order valence-electron chi connectivity index (χ0n) is 22.6. The van der Waals surface area contributed by atoms with Crippen LogP contribution in [0.4, 0.5) is 16.2 Å². The fourth-order valence-corrected chi connectivity index (χ4v) is 3.37. The van der Waals surface area contributed by atoms with E-state index in [0.717, 1.165) is 12.5 Å². The van der Waals surface area contributed by atoms with Crippen LogP contribution < -0.4 is 20.7 Å². The Labute approximate surface area is 230 Å².